The number of hydrogen-bond donors (Lipinski definition) is 0. The van der Waals surface area contributed by atoms with Crippen LogP contribution in [0.4, 0.5) is 8.78 Å². The molecule has 0 aromatic carbocycles. The first-order valence-electron chi connectivity index (χ1n) is 3.85. The summed E-state index contributed by atoms with van der Waals surface area (Å²) in [5, 5.41) is 0. The van der Waals surface area contributed by atoms with Gasteiger partial charge in [0.25, 0.3) is 0 Å². The van der Waals surface area contributed by atoms with E-state index < -0.39 is 20.9 Å². The fourth-order valence-corrected chi connectivity index (χ4v) is 1.75. The Labute approximate surface area is 75.8 Å². The second kappa shape index (κ2) is 6.43. The number of rotatable bonds is 7. The molecule has 0 aliphatic rings. The summed E-state index contributed by atoms with van der Waals surface area (Å²) in [7, 11) is -3.91. The lowest BCUT2D eigenvalue weighted by atomic mass is 10.8. The molecule has 7 heteroatoms. The Bertz CT molecular complexity index is 168. The van der Waals surface area contributed by atoms with Gasteiger partial charge >= 0.3 is 7.82 Å². The van der Waals surface area contributed by atoms with Crippen molar-refractivity contribution < 1.29 is 26.9 Å². The van der Waals surface area contributed by atoms with Crippen molar-refractivity contribution in [2.45, 2.75) is 20.2 Å². The summed E-state index contributed by atoms with van der Waals surface area (Å²) in [5.41, 5.74) is 0. The van der Waals surface area contributed by atoms with Gasteiger partial charge in [-0.15, -0.1) is 0 Å². The fourth-order valence-electron chi connectivity index (χ4n) is 0.583. The summed E-state index contributed by atoms with van der Waals surface area (Å²) in [6.45, 7) is 1.77. The minimum atomic E-state index is -3.91. The van der Waals surface area contributed by atoms with E-state index in [1.165, 1.54) is 13.8 Å². The number of hydrogen-bond acceptors (Lipinski definition) is 4. The van der Waals surface area contributed by atoms with Crippen LogP contribution in [0.3, 0.4) is 0 Å². The van der Waals surface area contributed by atoms with Gasteiger partial charge in [0.15, 0.2) is 0 Å². The lowest BCUT2D eigenvalue weighted by Gasteiger charge is -2.16. The van der Waals surface area contributed by atoms with E-state index in [-0.39, 0.29) is 13.2 Å². The molecule has 0 rings (SSSR count). The number of halogens is 2. The van der Waals surface area contributed by atoms with Crippen molar-refractivity contribution in [1.29, 1.82) is 0 Å². The molecule has 0 amide bonds. The third kappa shape index (κ3) is 5.31. The molecule has 0 aromatic heterocycles. The van der Waals surface area contributed by atoms with Crippen LogP contribution in [0.25, 0.3) is 0 Å². The topological polar surface area (TPSA) is 44.8 Å². The first kappa shape index (κ1) is 13.0. The highest BCUT2D eigenvalue weighted by Crippen LogP contribution is 2.50. The van der Waals surface area contributed by atoms with Crippen molar-refractivity contribution in [2.24, 2.45) is 0 Å². The van der Waals surface area contributed by atoms with Crippen LogP contribution in [0.15, 0.2) is 0 Å². The largest absolute Gasteiger partial charge is 0.477 e. The van der Waals surface area contributed by atoms with Crippen LogP contribution in [0.1, 0.15) is 13.8 Å². The summed E-state index contributed by atoms with van der Waals surface area (Å²) in [4.78, 5) is 0. The summed E-state index contributed by atoms with van der Waals surface area (Å²) in [6.07, 6.45) is -2.27. The molecule has 13 heavy (non-hydrogen) atoms. The molecule has 0 aliphatic heterocycles. The normalized spacial score (nSPS) is 14.5. The maximum absolute atomic E-state index is 12.3. The first-order valence-corrected chi connectivity index (χ1v) is 5.31. The maximum atomic E-state index is 12.3. The Morgan fingerprint density at radius 3 is 2.08 bits per heavy atom. The van der Waals surface area contributed by atoms with Crippen molar-refractivity contribution in [1.82, 2.24) is 0 Å². The molecule has 80 valence electrons. The quantitative estimate of drug-likeness (QED) is 0.615. The van der Waals surface area contributed by atoms with Crippen molar-refractivity contribution in [3.63, 3.8) is 0 Å². The minimum absolute atomic E-state index is 0.0380. The van der Waals surface area contributed by atoms with Crippen LogP contribution in [-0.2, 0) is 18.1 Å². The Hall–Kier alpha value is -0.0300. The molecule has 0 heterocycles. The standard InChI is InChI=1S/C6H13F2O4P/c1-3-10-13(9,11-4-2)12-6(8)5-7/h6H,3-5H2,1-2H3. The molecule has 4 nitrogen and oxygen atoms in total. The van der Waals surface area contributed by atoms with Gasteiger partial charge in [-0.25, -0.2) is 17.9 Å². The Morgan fingerprint density at radius 1 is 1.31 bits per heavy atom. The monoisotopic (exact) mass is 218 g/mol. The van der Waals surface area contributed by atoms with Gasteiger partial charge in [-0.1, -0.05) is 0 Å². The van der Waals surface area contributed by atoms with Gasteiger partial charge in [0.1, 0.15) is 6.67 Å². The smallest absolute Gasteiger partial charge is 0.287 e. The predicted molar refractivity (Wildman–Crippen MR) is 42.8 cm³/mol. The van der Waals surface area contributed by atoms with Gasteiger partial charge in [-0.05, 0) is 13.8 Å². The highest BCUT2D eigenvalue weighted by molar-refractivity contribution is 7.48. The molecule has 0 aromatic rings. The van der Waals surface area contributed by atoms with E-state index >= 15 is 0 Å². The lowest BCUT2D eigenvalue weighted by molar-refractivity contribution is -0.000787. The maximum Gasteiger partial charge on any atom is 0.477 e. The molecule has 0 saturated carbocycles. The summed E-state index contributed by atoms with van der Waals surface area (Å²) >= 11 is 0. The molecule has 0 bridgehead atoms. The van der Waals surface area contributed by atoms with Crippen LogP contribution in [0.5, 0.6) is 0 Å². The van der Waals surface area contributed by atoms with Gasteiger partial charge in [0.05, 0.1) is 13.2 Å². The lowest BCUT2D eigenvalue weighted by Crippen LogP contribution is -2.10. The minimum Gasteiger partial charge on any atom is -0.287 e. The second-order valence-corrected chi connectivity index (χ2v) is 3.57. The Kier molecular flexibility index (Phi) is 6.41. The average Bonchev–Trinajstić information content (AvgIpc) is 2.04. The van der Waals surface area contributed by atoms with E-state index in [2.05, 4.69) is 13.6 Å². The van der Waals surface area contributed by atoms with Gasteiger partial charge < -0.3 is 0 Å². The summed E-state index contributed by atoms with van der Waals surface area (Å²) in [5.74, 6) is 0. The molecule has 1 atom stereocenters. The zero-order valence-corrected chi connectivity index (χ0v) is 8.43. The van der Waals surface area contributed by atoms with Crippen molar-refractivity contribution in [3.8, 4) is 0 Å². The third-order valence-corrected chi connectivity index (χ3v) is 2.58. The van der Waals surface area contributed by atoms with Crippen LogP contribution < -0.4 is 0 Å². The molecule has 1 unspecified atom stereocenters. The highest BCUT2D eigenvalue weighted by atomic mass is 31.2. The van der Waals surface area contributed by atoms with E-state index in [1.807, 2.05) is 0 Å². The van der Waals surface area contributed by atoms with Crippen molar-refractivity contribution in [2.75, 3.05) is 19.9 Å². The van der Waals surface area contributed by atoms with E-state index in [1.54, 1.807) is 0 Å². The van der Waals surface area contributed by atoms with Crippen molar-refractivity contribution >= 4 is 7.82 Å². The van der Waals surface area contributed by atoms with Crippen LogP contribution in [0, 0.1) is 0 Å². The van der Waals surface area contributed by atoms with Crippen LogP contribution >= 0.6 is 7.82 Å². The fraction of sp³-hybridized carbons (Fsp3) is 1.00. The molecular formula is C6H13F2O4P. The van der Waals surface area contributed by atoms with E-state index in [0.29, 0.717) is 0 Å². The molecule has 0 aliphatic carbocycles. The molecule has 0 saturated heterocycles. The highest BCUT2D eigenvalue weighted by Gasteiger charge is 2.29. The van der Waals surface area contributed by atoms with Gasteiger partial charge in [0.2, 0.25) is 6.36 Å². The van der Waals surface area contributed by atoms with E-state index in [0.717, 1.165) is 0 Å². The first-order chi connectivity index (χ1) is 6.08. The summed E-state index contributed by atoms with van der Waals surface area (Å²) < 4.78 is 48.6. The van der Waals surface area contributed by atoms with Crippen LogP contribution in [-0.4, -0.2) is 26.2 Å². The molecule has 0 fully saturated rings. The van der Waals surface area contributed by atoms with Gasteiger partial charge in [0, 0.05) is 0 Å². The third-order valence-electron chi connectivity index (χ3n) is 0.939. The number of phosphoric ester groups is 1. The molecule has 0 radical (unpaired) electrons. The zero-order chi connectivity index (χ0) is 10.3. The van der Waals surface area contributed by atoms with Gasteiger partial charge in [-0.3, -0.25) is 9.05 Å². The summed E-state index contributed by atoms with van der Waals surface area (Å²) in [6, 6.07) is 0. The van der Waals surface area contributed by atoms with Crippen molar-refractivity contribution in [3.05, 3.63) is 0 Å². The van der Waals surface area contributed by atoms with E-state index in [4.69, 9.17) is 0 Å². The Morgan fingerprint density at radius 2 is 1.77 bits per heavy atom. The molecule has 0 N–H and O–H groups in total. The van der Waals surface area contributed by atoms with Crippen LogP contribution in [0.2, 0.25) is 0 Å². The average molecular weight is 218 g/mol. The molecule has 0 spiro atoms. The molecular weight excluding hydrogens is 205 g/mol. The SMILES string of the molecule is CCOP(=O)(OCC)OC(F)CF. The Balaban J connectivity index is 4.14. The number of alkyl halides is 2. The zero-order valence-electron chi connectivity index (χ0n) is 7.53. The predicted octanol–water partition coefficient (Wildman–Crippen LogP) is 2.45. The van der Waals surface area contributed by atoms with E-state index in [9.17, 15) is 13.3 Å². The van der Waals surface area contributed by atoms with Gasteiger partial charge in [-0.2, -0.15) is 0 Å². The second-order valence-electron chi connectivity index (χ2n) is 1.95. The number of phosphoric acid groups is 1.